The molecule has 1 aliphatic rings. The number of benzene rings is 1. The van der Waals surface area contributed by atoms with E-state index < -0.39 is 0 Å². The van der Waals surface area contributed by atoms with Gasteiger partial charge in [-0.15, -0.1) is 0 Å². The second-order valence-corrected chi connectivity index (χ2v) is 3.46. The second-order valence-electron chi connectivity index (χ2n) is 3.46. The first-order valence-electron chi connectivity index (χ1n) is 5.07. The number of anilines is 2. The molecule has 0 atom stereocenters. The fraction of sp³-hybridized carbons (Fsp3) is 0.364. The van der Waals surface area contributed by atoms with Gasteiger partial charge >= 0.3 is 0 Å². The van der Waals surface area contributed by atoms with Crippen LogP contribution in [0.4, 0.5) is 11.4 Å². The number of aliphatic hydroxyl groups excluding tert-OH is 1. The van der Waals surface area contributed by atoms with E-state index in [9.17, 15) is 4.79 Å². The summed E-state index contributed by atoms with van der Waals surface area (Å²) in [6.45, 7) is 0.995. The van der Waals surface area contributed by atoms with E-state index in [4.69, 9.17) is 5.11 Å². The minimum atomic E-state index is -0.0138. The largest absolute Gasteiger partial charge is 0.395 e. The lowest BCUT2D eigenvalue weighted by molar-refractivity contribution is -0.118. The van der Waals surface area contributed by atoms with Gasteiger partial charge in [0.05, 0.1) is 18.0 Å². The predicted octanol–water partition coefficient (Wildman–Crippen LogP) is 0.827. The molecule has 4 heteroatoms. The van der Waals surface area contributed by atoms with Crippen molar-refractivity contribution in [2.24, 2.45) is 0 Å². The third-order valence-electron chi connectivity index (χ3n) is 2.47. The molecular weight excluding hydrogens is 192 g/mol. The Balaban J connectivity index is 2.38. The first kappa shape index (κ1) is 9.98. The predicted molar refractivity (Wildman–Crippen MR) is 59.0 cm³/mol. The highest BCUT2D eigenvalue weighted by Gasteiger charge is 2.20. The number of hydrogen-bond acceptors (Lipinski definition) is 3. The first-order chi connectivity index (χ1) is 7.33. The van der Waals surface area contributed by atoms with Crippen LogP contribution in [0, 0.1) is 0 Å². The maximum atomic E-state index is 11.7. The van der Waals surface area contributed by atoms with Gasteiger partial charge in [-0.2, -0.15) is 0 Å². The summed E-state index contributed by atoms with van der Waals surface area (Å²) in [4.78, 5) is 13.4. The van der Waals surface area contributed by atoms with Gasteiger partial charge in [0.25, 0.3) is 0 Å². The van der Waals surface area contributed by atoms with Crippen molar-refractivity contribution in [3.05, 3.63) is 24.3 Å². The number of β-amino-alcohol motifs (C(OH)–C–C–N with tert-alkyl or cyclic N) is 1. The van der Waals surface area contributed by atoms with Crippen LogP contribution in [0.25, 0.3) is 0 Å². The van der Waals surface area contributed by atoms with Gasteiger partial charge in [0.2, 0.25) is 5.91 Å². The number of carbonyl (C=O) groups is 1. The van der Waals surface area contributed by atoms with E-state index in [1.807, 2.05) is 24.3 Å². The van der Waals surface area contributed by atoms with Gasteiger partial charge in [-0.1, -0.05) is 12.1 Å². The summed E-state index contributed by atoms with van der Waals surface area (Å²) in [6, 6.07) is 7.65. The van der Waals surface area contributed by atoms with Gasteiger partial charge in [0.15, 0.2) is 0 Å². The van der Waals surface area contributed by atoms with Crippen molar-refractivity contribution in [1.82, 2.24) is 0 Å². The number of hydrogen-bond donors (Lipinski definition) is 2. The molecule has 0 aliphatic carbocycles. The zero-order valence-electron chi connectivity index (χ0n) is 8.44. The van der Waals surface area contributed by atoms with Crippen LogP contribution < -0.4 is 10.2 Å². The quantitative estimate of drug-likeness (QED) is 0.753. The molecular formula is C11H14N2O2. The maximum absolute atomic E-state index is 11.7. The van der Waals surface area contributed by atoms with Crippen LogP contribution in [0.2, 0.25) is 0 Å². The molecule has 1 amide bonds. The fourth-order valence-electron chi connectivity index (χ4n) is 1.78. The Kier molecular flexibility index (Phi) is 2.87. The molecule has 80 valence electrons. The lowest BCUT2D eigenvalue weighted by Gasteiger charge is -2.21. The summed E-state index contributed by atoms with van der Waals surface area (Å²) in [6.07, 6.45) is 0.467. The lowest BCUT2D eigenvalue weighted by atomic mass is 10.2. The third-order valence-corrected chi connectivity index (χ3v) is 2.47. The van der Waals surface area contributed by atoms with E-state index in [1.54, 1.807) is 4.90 Å². The molecule has 0 spiro atoms. The smallest absolute Gasteiger partial charge is 0.228 e. The van der Waals surface area contributed by atoms with Crippen molar-refractivity contribution in [3.8, 4) is 0 Å². The average Bonchev–Trinajstić information content (AvgIpc) is 2.40. The highest BCUT2D eigenvalue weighted by molar-refractivity contribution is 5.98. The summed E-state index contributed by atoms with van der Waals surface area (Å²) in [5.74, 6) is 0.0569. The van der Waals surface area contributed by atoms with Crippen molar-refractivity contribution in [1.29, 1.82) is 0 Å². The highest BCUT2D eigenvalue weighted by atomic mass is 16.3. The molecule has 1 aromatic rings. The number of nitrogens with zero attached hydrogens (tertiary/aromatic N) is 1. The molecule has 2 N–H and O–H groups in total. The van der Waals surface area contributed by atoms with Crippen molar-refractivity contribution in [2.45, 2.75) is 6.42 Å². The number of aliphatic hydroxyl groups is 1. The average molecular weight is 206 g/mol. The molecule has 0 saturated carbocycles. The highest BCUT2D eigenvalue weighted by Crippen LogP contribution is 2.27. The van der Waals surface area contributed by atoms with E-state index in [2.05, 4.69) is 5.32 Å². The zero-order chi connectivity index (χ0) is 10.7. The molecule has 0 saturated heterocycles. The van der Waals surface area contributed by atoms with E-state index in [0.717, 1.165) is 11.4 Å². The molecule has 4 nitrogen and oxygen atoms in total. The van der Waals surface area contributed by atoms with Crippen LogP contribution in [0.15, 0.2) is 24.3 Å². The first-order valence-corrected chi connectivity index (χ1v) is 5.07. The molecule has 0 unspecified atom stereocenters. The van der Waals surface area contributed by atoms with Crippen molar-refractivity contribution in [2.75, 3.05) is 29.9 Å². The number of amides is 1. The summed E-state index contributed by atoms with van der Waals surface area (Å²) in [5.41, 5.74) is 1.81. The summed E-state index contributed by atoms with van der Waals surface area (Å²) >= 11 is 0. The van der Waals surface area contributed by atoms with Crippen LogP contribution >= 0.6 is 0 Å². The van der Waals surface area contributed by atoms with Crippen LogP contribution in [0.5, 0.6) is 0 Å². The SMILES string of the molecule is O=C1CCNc2ccccc2N1CCO. The Morgan fingerprint density at radius 2 is 2.20 bits per heavy atom. The van der Waals surface area contributed by atoms with Crippen LogP contribution in [0.3, 0.4) is 0 Å². The Bertz CT molecular complexity index is 365. The van der Waals surface area contributed by atoms with Crippen LogP contribution in [-0.4, -0.2) is 30.7 Å². The Labute approximate surface area is 88.5 Å². The van der Waals surface area contributed by atoms with Crippen molar-refractivity contribution >= 4 is 17.3 Å². The van der Waals surface area contributed by atoms with Crippen molar-refractivity contribution < 1.29 is 9.90 Å². The minimum absolute atomic E-state index is 0.0138. The third kappa shape index (κ3) is 1.94. The number of nitrogens with one attached hydrogen (secondary N) is 1. The van der Waals surface area contributed by atoms with Crippen molar-refractivity contribution in [3.63, 3.8) is 0 Å². The zero-order valence-corrected chi connectivity index (χ0v) is 8.44. The molecule has 1 heterocycles. The van der Waals surface area contributed by atoms with E-state index >= 15 is 0 Å². The summed E-state index contributed by atoms with van der Waals surface area (Å²) < 4.78 is 0. The maximum Gasteiger partial charge on any atom is 0.228 e. The number of rotatable bonds is 2. The Morgan fingerprint density at radius 3 is 3.00 bits per heavy atom. The molecule has 0 radical (unpaired) electrons. The van der Waals surface area contributed by atoms with E-state index in [-0.39, 0.29) is 12.5 Å². The lowest BCUT2D eigenvalue weighted by Crippen LogP contribution is -2.32. The van der Waals surface area contributed by atoms with Gasteiger partial charge < -0.3 is 15.3 Å². The minimum Gasteiger partial charge on any atom is -0.395 e. The number of para-hydroxylation sites is 2. The molecule has 2 rings (SSSR count). The second kappa shape index (κ2) is 4.31. The van der Waals surface area contributed by atoms with Gasteiger partial charge in [0, 0.05) is 19.5 Å². The van der Waals surface area contributed by atoms with E-state index in [0.29, 0.717) is 19.5 Å². The van der Waals surface area contributed by atoms with Gasteiger partial charge in [0.1, 0.15) is 0 Å². The number of fused-ring (bicyclic) bond motifs is 1. The van der Waals surface area contributed by atoms with E-state index in [1.165, 1.54) is 0 Å². The molecule has 1 aliphatic heterocycles. The summed E-state index contributed by atoms with van der Waals surface area (Å²) in [7, 11) is 0. The normalized spacial score (nSPS) is 15.5. The molecule has 0 fully saturated rings. The summed E-state index contributed by atoms with van der Waals surface area (Å²) in [5, 5.41) is 12.1. The molecule has 0 bridgehead atoms. The molecule has 1 aromatic carbocycles. The van der Waals surface area contributed by atoms with Gasteiger partial charge in [-0.25, -0.2) is 0 Å². The fourth-order valence-corrected chi connectivity index (χ4v) is 1.78. The molecule has 15 heavy (non-hydrogen) atoms. The Morgan fingerprint density at radius 1 is 1.40 bits per heavy atom. The van der Waals surface area contributed by atoms with Gasteiger partial charge in [-0.3, -0.25) is 4.79 Å². The standard InChI is InChI=1S/C11H14N2O2/c14-8-7-13-10-4-2-1-3-9(10)12-6-5-11(13)15/h1-4,12,14H,5-8H2. The van der Waals surface area contributed by atoms with Crippen LogP contribution in [-0.2, 0) is 4.79 Å². The topological polar surface area (TPSA) is 52.6 Å². The Hall–Kier alpha value is -1.55. The molecule has 0 aromatic heterocycles. The monoisotopic (exact) mass is 206 g/mol. The van der Waals surface area contributed by atoms with Gasteiger partial charge in [-0.05, 0) is 12.1 Å². The number of carbonyl (C=O) groups excluding carboxylic acids is 1. The van der Waals surface area contributed by atoms with Crippen LogP contribution in [0.1, 0.15) is 6.42 Å².